The molecule has 3 heterocycles. The molecule has 3 aromatic heterocycles. The van der Waals surface area contributed by atoms with Gasteiger partial charge in [0.05, 0.1) is 29.3 Å². The Morgan fingerprint density at radius 2 is 1.88 bits per heavy atom. The molecular weight excluding hydrogens is 565 g/mol. The molecule has 1 atom stereocenters. The largest absolute Gasteiger partial charge is 0.490 e. The van der Waals surface area contributed by atoms with Crippen LogP contribution in [-0.4, -0.2) is 54.1 Å². The number of rotatable bonds is 6. The van der Waals surface area contributed by atoms with Gasteiger partial charge in [-0.2, -0.15) is 18.3 Å². The Hall–Kier alpha value is -4.69. The maximum absolute atomic E-state index is 13.3. The van der Waals surface area contributed by atoms with Crippen LogP contribution in [0.1, 0.15) is 28.9 Å². The van der Waals surface area contributed by atoms with Crippen LogP contribution in [0.15, 0.2) is 61.1 Å². The van der Waals surface area contributed by atoms with Crippen LogP contribution in [0.3, 0.4) is 0 Å². The van der Waals surface area contributed by atoms with Gasteiger partial charge in [-0.25, -0.2) is 14.3 Å². The highest BCUT2D eigenvalue weighted by atomic mass is 35.5. The van der Waals surface area contributed by atoms with E-state index in [1.807, 2.05) is 48.0 Å². The molecule has 214 valence electrons. The summed E-state index contributed by atoms with van der Waals surface area (Å²) in [7, 11) is 0. The lowest BCUT2D eigenvalue weighted by Crippen LogP contribution is -2.28. The molecule has 0 spiro atoms. The fourth-order valence-corrected chi connectivity index (χ4v) is 4.51. The second-order valence-electron chi connectivity index (χ2n) is 8.75. The third-order valence-electron chi connectivity index (χ3n) is 6.01. The topological polar surface area (TPSA) is 166 Å². The average Bonchev–Trinajstić information content (AvgIpc) is 3.50. The number of anilines is 1. The normalized spacial score (nSPS) is 12.1. The van der Waals surface area contributed by atoms with Gasteiger partial charge in [-0.05, 0) is 30.2 Å². The number of aliphatic carboxylic acids is 1. The number of nitrogens with one attached hydrogen (secondary N) is 1. The smallest absolute Gasteiger partial charge is 0.475 e. The summed E-state index contributed by atoms with van der Waals surface area (Å²) < 4.78 is 35.1. The maximum Gasteiger partial charge on any atom is 0.490 e. The van der Waals surface area contributed by atoms with Crippen molar-refractivity contribution >= 4 is 45.8 Å². The van der Waals surface area contributed by atoms with Crippen molar-refractivity contribution in [1.82, 2.24) is 29.7 Å². The highest BCUT2D eigenvalue weighted by Crippen LogP contribution is 2.39. The van der Waals surface area contributed by atoms with Gasteiger partial charge in [0.1, 0.15) is 5.56 Å². The molecule has 1 unspecified atom stereocenters. The number of hydrogen-bond donors (Lipinski definition) is 4. The molecule has 15 heteroatoms. The number of fused-ring (bicyclic) bond motifs is 2. The van der Waals surface area contributed by atoms with Crippen LogP contribution in [0.4, 0.5) is 19.0 Å². The highest BCUT2D eigenvalue weighted by Gasteiger charge is 2.38. The number of amides is 1. The van der Waals surface area contributed by atoms with E-state index < -0.39 is 18.2 Å². The van der Waals surface area contributed by atoms with Gasteiger partial charge in [0.25, 0.3) is 5.91 Å². The van der Waals surface area contributed by atoms with Gasteiger partial charge in [0.2, 0.25) is 0 Å². The minimum absolute atomic E-state index is 0.112. The van der Waals surface area contributed by atoms with Crippen molar-refractivity contribution in [2.24, 2.45) is 5.73 Å². The van der Waals surface area contributed by atoms with E-state index in [0.29, 0.717) is 23.8 Å². The van der Waals surface area contributed by atoms with E-state index in [0.717, 1.165) is 27.6 Å². The van der Waals surface area contributed by atoms with Crippen LogP contribution >= 0.6 is 11.6 Å². The Balaban J connectivity index is 0.000000493. The second-order valence-corrected chi connectivity index (χ2v) is 9.16. The van der Waals surface area contributed by atoms with Crippen molar-refractivity contribution in [2.45, 2.75) is 25.7 Å². The van der Waals surface area contributed by atoms with E-state index in [1.54, 1.807) is 24.7 Å². The lowest BCUT2D eigenvalue weighted by Gasteiger charge is -2.21. The number of carbonyl (C=O) groups excluding carboxylic acids is 1. The van der Waals surface area contributed by atoms with Crippen molar-refractivity contribution in [1.29, 1.82) is 0 Å². The van der Waals surface area contributed by atoms with Crippen molar-refractivity contribution in [3.63, 3.8) is 0 Å². The number of halogens is 4. The number of benzene rings is 2. The average molecular weight is 589 g/mol. The lowest BCUT2D eigenvalue weighted by molar-refractivity contribution is -0.192. The summed E-state index contributed by atoms with van der Waals surface area (Å²) in [6.07, 6.45) is -0.0483. The molecule has 0 saturated carbocycles. The molecule has 0 aliphatic heterocycles. The van der Waals surface area contributed by atoms with Gasteiger partial charge >= 0.3 is 12.1 Å². The fraction of sp³-hybridized carbons (Fsp3) is 0.192. The van der Waals surface area contributed by atoms with E-state index in [1.165, 1.54) is 4.52 Å². The first-order valence-corrected chi connectivity index (χ1v) is 12.4. The Kier molecular flexibility index (Phi) is 8.44. The highest BCUT2D eigenvalue weighted by molar-refractivity contribution is 6.36. The van der Waals surface area contributed by atoms with Crippen LogP contribution in [0, 0.1) is 0 Å². The van der Waals surface area contributed by atoms with Gasteiger partial charge in [-0.15, -0.1) is 5.10 Å². The van der Waals surface area contributed by atoms with Crippen molar-refractivity contribution < 1.29 is 27.9 Å². The van der Waals surface area contributed by atoms with Crippen LogP contribution in [-0.2, 0) is 11.3 Å². The Morgan fingerprint density at radius 3 is 2.51 bits per heavy atom. The zero-order valence-electron chi connectivity index (χ0n) is 21.4. The van der Waals surface area contributed by atoms with Crippen molar-refractivity contribution in [2.75, 3.05) is 12.3 Å². The first-order valence-electron chi connectivity index (χ1n) is 12.1. The number of nitrogen functional groups attached to an aromatic ring is 1. The van der Waals surface area contributed by atoms with Crippen molar-refractivity contribution in [3.05, 3.63) is 77.2 Å². The number of hydrogen-bond acceptors (Lipinski definition) is 7. The number of carboxylic acids is 1. The molecule has 2 aromatic carbocycles. The molecule has 6 N–H and O–H groups in total. The summed E-state index contributed by atoms with van der Waals surface area (Å²) in [4.78, 5) is 26.4. The number of nitrogens with zero attached hydrogens (tertiary/aromatic N) is 5. The quantitative estimate of drug-likeness (QED) is 0.230. The van der Waals surface area contributed by atoms with Gasteiger partial charge in [-0.1, -0.05) is 41.9 Å². The molecular formula is C26H24ClF3N8O3. The molecule has 5 rings (SSSR count). The van der Waals surface area contributed by atoms with Crippen LogP contribution in [0.25, 0.3) is 27.7 Å². The maximum atomic E-state index is 13.3. The Morgan fingerprint density at radius 1 is 1.20 bits per heavy atom. The molecule has 0 radical (unpaired) electrons. The summed E-state index contributed by atoms with van der Waals surface area (Å²) in [6.45, 7) is 2.87. The molecule has 11 nitrogen and oxygen atoms in total. The zero-order valence-corrected chi connectivity index (χ0v) is 22.2. The number of carboxylic acid groups (broad SMARTS) is 1. The minimum Gasteiger partial charge on any atom is -0.475 e. The predicted octanol–water partition coefficient (Wildman–Crippen LogP) is 4.06. The number of nitrogens with two attached hydrogens (primary N) is 2. The fourth-order valence-electron chi connectivity index (χ4n) is 4.26. The van der Waals surface area contributed by atoms with Crippen LogP contribution in [0.5, 0.6) is 0 Å². The van der Waals surface area contributed by atoms with E-state index >= 15 is 0 Å². The Bertz CT molecular complexity index is 1720. The molecule has 5 aromatic rings. The summed E-state index contributed by atoms with van der Waals surface area (Å²) in [5.74, 6) is -3.02. The van der Waals surface area contributed by atoms with Crippen molar-refractivity contribution in [3.8, 4) is 11.1 Å². The van der Waals surface area contributed by atoms with Gasteiger partial charge in [0, 0.05) is 29.9 Å². The summed E-state index contributed by atoms with van der Waals surface area (Å²) in [5.41, 5.74) is 16.1. The molecule has 0 aliphatic rings. The summed E-state index contributed by atoms with van der Waals surface area (Å²) in [6, 6.07) is 13.1. The number of alkyl halides is 3. The van der Waals surface area contributed by atoms with Crippen LogP contribution in [0.2, 0.25) is 5.02 Å². The van der Waals surface area contributed by atoms with Crippen LogP contribution < -0.4 is 16.8 Å². The first-order chi connectivity index (χ1) is 19.4. The monoisotopic (exact) mass is 588 g/mol. The number of carbonyl (C=O) groups is 2. The van der Waals surface area contributed by atoms with Gasteiger partial charge in [0.15, 0.2) is 11.5 Å². The van der Waals surface area contributed by atoms with Gasteiger partial charge in [-0.3, -0.25) is 9.48 Å². The van der Waals surface area contributed by atoms with Gasteiger partial charge < -0.3 is 21.9 Å². The SMILES string of the molecule is CC(NC(=O)c1c(N)nn2cccnc12)c1cc(Cl)c2cnn(CCN)c2c1-c1ccccc1.O=C(O)C(F)(F)F. The third-order valence-corrected chi connectivity index (χ3v) is 6.33. The van der Waals surface area contributed by atoms with E-state index in [4.69, 9.17) is 33.0 Å². The lowest BCUT2D eigenvalue weighted by atomic mass is 9.93. The third kappa shape index (κ3) is 6.07. The Labute approximate surface area is 235 Å². The second kappa shape index (κ2) is 11.8. The molecule has 0 fully saturated rings. The van der Waals surface area contributed by atoms with E-state index in [9.17, 15) is 18.0 Å². The zero-order chi connectivity index (χ0) is 29.9. The van der Waals surface area contributed by atoms with E-state index in [2.05, 4.69) is 20.5 Å². The molecule has 0 bridgehead atoms. The van der Waals surface area contributed by atoms with E-state index in [-0.39, 0.29) is 17.3 Å². The minimum atomic E-state index is -5.08. The molecule has 0 aliphatic carbocycles. The predicted molar refractivity (Wildman–Crippen MR) is 146 cm³/mol. The number of aromatic nitrogens is 5. The molecule has 41 heavy (non-hydrogen) atoms. The summed E-state index contributed by atoms with van der Waals surface area (Å²) in [5, 5.41) is 20.2. The molecule has 1 amide bonds. The molecule has 0 saturated heterocycles. The standard InChI is InChI=1S/C24H23ClN8O.C2HF3O2/c1-14(30-24(34)20-22(27)31-33-10-5-9-28-23(20)33)16-12-18(25)17-13-29-32(11-8-26)21(17)19(16)15-6-3-2-4-7-15;3-2(4,5)1(6)7/h2-7,9-10,12-14H,8,11,26H2,1H3,(H2,27,31)(H,30,34);(H,6,7). The summed E-state index contributed by atoms with van der Waals surface area (Å²) >= 11 is 6.68. The first kappa shape index (κ1) is 29.3.